The maximum atomic E-state index is 5.62. The molecule has 3 nitrogen and oxygen atoms in total. The van der Waals surface area contributed by atoms with Crippen LogP contribution in [0.15, 0.2) is 34.2 Å². The van der Waals surface area contributed by atoms with Crippen molar-refractivity contribution in [3.8, 4) is 5.75 Å². The number of halogens is 1. The number of aromatic nitrogens is 1. The number of hydrogen-bond donors (Lipinski definition) is 1. The van der Waals surface area contributed by atoms with E-state index in [4.69, 9.17) is 10.5 Å². The minimum atomic E-state index is 0.495. The maximum absolute atomic E-state index is 5.62. The second-order valence-corrected chi connectivity index (χ2v) is 5.01. The zero-order valence-electron chi connectivity index (χ0n) is 8.52. The molecule has 0 radical (unpaired) electrons. The van der Waals surface area contributed by atoms with Gasteiger partial charge in [0.05, 0.1) is 0 Å². The van der Waals surface area contributed by atoms with E-state index in [2.05, 4.69) is 20.9 Å². The van der Waals surface area contributed by atoms with E-state index in [9.17, 15) is 0 Å². The molecule has 0 spiro atoms. The predicted octanol–water partition coefficient (Wildman–Crippen LogP) is 2.94. The van der Waals surface area contributed by atoms with Gasteiger partial charge >= 0.3 is 0 Å². The lowest BCUT2D eigenvalue weighted by atomic mass is 10.2. The van der Waals surface area contributed by atoms with Crippen LogP contribution in [0.3, 0.4) is 0 Å². The molecule has 0 unspecified atom stereocenters. The molecule has 0 saturated carbocycles. The van der Waals surface area contributed by atoms with Crippen LogP contribution >= 0.6 is 27.3 Å². The number of hydrogen-bond acceptors (Lipinski definition) is 4. The normalized spacial score (nSPS) is 10.4. The van der Waals surface area contributed by atoms with Gasteiger partial charge in [0.25, 0.3) is 0 Å². The van der Waals surface area contributed by atoms with Gasteiger partial charge in [-0.3, -0.25) is 0 Å². The second kappa shape index (κ2) is 5.43. The van der Waals surface area contributed by atoms with Gasteiger partial charge in [0.2, 0.25) is 0 Å². The van der Waals surface area contributed by atoms with Crippen molar-refractivity contribution in [3.63, 3.8) is 0 Å². The Morgan fingerprint density at radius 1 is 1.44 bits per heavy atom. The highest BCUT2D eigenvalue weighted by Gasteiger charge is 2.02. The van der Waals surface area contributed by atoms with Crippen molar-refractivity contribution < 1.29 is 4.74 Å². The zero-order chi connectivity index (χ0) is 11.4. The van der Waals surface area contributed by atoms with Gasteiger partial charge in [-0.25, -0.2) is 4.98 Å². The number of nitrogens with zero attached hydrogens (tertiary/aromatic N) is 1. The molecule has 1 aromatic carbocycles. The van der Waals surface area contributed by atoms with Gasteiger partial charge in [-0.15, -0.1) is 11.3 Å². The predicted molar refractivity (Wildman–Crippen MR) is 68.5 cm³/mol. The summed E-state index contributed by atoms with van der Waals surface area (Å²) in [5.41, 5.74) is 6.65. The summed E-state index contributed by atoms with van der Waals surface area (Å²) in [6, 6.07) is 5.80. The summed E-state index contributed by atoms with van der Waals surface area (Å²) in [6.45, 7) is 0.998. The lowest BCUT2D eigenvalue weighted by Gasteiger charge is -2.07. The van der Waals surface area contributed by atoms with Crippen molar-refractivity contribution in [2.45, 2.75) is 13.2 Å². The lowest BCUT2D eigenvalue weighted by Crippen LogP contribution is -1.99. The Hall–Kier alpha value is -0.910. The van der Waals surface area contributed by atoms with E-state index in [-0.39, 0.29) is 0 Å². The lowest BCUT2D eigenvalue weighted by molar-refractivity contribution is 0.305. The summed E-state index contributed by atoms with van der Waals surface area (Å²) in [6.07, 6.45) is 1.77. The third-order valence-corrected chi connectivity index (χ3v) is 3.61. The van der Waals surface area contributed by atoms with Crippen LogP contribution in [0, 0.1) is 0 Å². The average molecular weight is 299 g/mol. The molecule has 2 rings (SSSR count). The molecule has 16 heavy (non-hydrogen) atoms. The van der Waals surface area contributed by atoms with Crippen LogP contribution in [0.4, 0.5) is 0 Å². The Balaban J connectivity index is 2.04. The molecule has 0 bridgehead atoms. The first kappa shape index (κ1) is 11.6. The van der Waals surface area contributed by atoms with Crippen molar-refractivity contribution in [3.05, 3.63) is 44.8 Å². The van der Waals surface area contributed by atoms with Gasteiger partial charge in [-0.05, 0) is 23.8 Å². The smallest absolute Gasteiger partial charge is 0.140 e. The molecule has 0 atom stereocenters. The van der Waals surface area contributed by atoms with Crippen molar-refractivity contribution in [1.82, 2.24) is 4.98 Å². The van der Waals surface area contributed by atoms with Crippen molar-refractivity contribution in [2.75, 3.05) is 0 Å². The van der Waals surface area contributed by atoms with Crippen molar-refractivity contribution in [2.24, 2.45) is 5.73 Å². The zero-order valence-corrected chi connectivity index (χ0v) is 10.9. The topological polar surface area (TPSA) is 48.1 Å². The van der Waals surface area contributed by atoms with Gasteiger partial charge in [0, 0.05) is 22.6 Å². The molecule has 5 heteroatoms. The van der Waals surface area contributed by atoms with Crippen molar-refractivity contribution in [1.29, 1.82) is 0 Å². The molecule has 0 aliphatic heterocycles. The largest absolute Gasteiger partial charge is 0.486 e. The second-order valence-electron chi connectivity index (χ2n) is 3.17. The maximum Gasteiger partial charge on any atom is 0.140 e. The van der Waals surface area contributed by atoms with Crippen LogP contribution in [0.1, 0.15) is 10.6 Å². The SMILES string of the molecule is NCc1cc(OCc2nccs2)ccc1Br. The van der Waals surface area contributed by atoms with Gasteiger partial charge in [0.15, 0.2) is 0 Å². The monoisotopic (exact) mass is 298 g/mol. The molecule has 0 amide bonds. The molecule has 2 aromatic rings. The molecule has 1 heterocycles. The molecule has 0 aliphatic rings. The Labute approximate surface area is 106 Å². The molecule has 0 fully saturated rings. The number of nitrogens with two attached hydrogens (primary N) is 1. The van der Waals surface area contributed by atoms with Crippen LogP contribution in [-0.4, -0.2) is 4.98 Å². The quantitative estimate of drug-likeness (QED) is 0.944. The third-order valence-electron chi connectivity index (χ3n) is 2.08. The fourth-order valence-electron chi connectivity index (χ4n) is 1.27. The first-order valence-corrected chi connectivity index (χ1v) is 6.46. The van der Waals surface area contributed by atoms with E-state index in [0.717, 1.165) is 20.8 Å². The van der Waals surface area contributed by atoms with Crippen LogP contribution in [0.2, 0.25) is 0 Å². The van der Waals surface area contributed by atoms with Gasteiger partial charge in [0.1, 0.15) is 17.4 Å². The summed E-state index contributed by atoms with van der Waals surface area (Å²) in [5.74, 6) is 0.818. The minimum absolute atomic E-state index is 0.495. The first-order valence-electron chi connectivity index (χ1n) is 4.79. The molecular weight excluding hydrogens is 288 g/mol. The van der Waals surface area contributed by atoms with Crippen LogP contribution in [0.5, 0.6) is 5.75 Å². The van der Waals surface area contributed by atoms with Crippen LogP contribution < -0.4 is 10.5 Å². The first-order chi connectivity index (χ1) is 7.79. The van der Waals surface area contributed by atoms with E-state index < -0.39 is 0 Å². The standard InChI is InChI=1S/C11H11BrN2OS/c12-10-2-1-9(5-8(10)6-13)15-7-11-14-3-4-16-11/h1-5H,6-7,13H2. The Bertz CT molecular complexity index is 459. The van der Waals surface area contributed by atoms with E-state index in [0.29, 0.717) is 13.2 Å². The van der Waals surface area contributed by atoms with E-state index in [1.807, 2.05) is 23.6 Å². The molecule has 84 valence electrons. The Kier molecular flexibility index (Phi) is 3.93. The fraction of sp³-hybridized carbons (Fsp3) is 0.182. The van der Waals surface area contributed by atoms with E-state index in [1.54, 1.807) is 17.5 Å². The minimum Gasteiger partial charge on any atom is -0.486 e. The molecule has 1 aromatic heterocycles. The van der Waals surface area contributed by atoms with Crippen molar-refractivity contribution >= 4 is 27.3 Å². The van der Waals surface area contributed by atoms with E-state index in [1.165, 1.54) is 0 Å². The summed E-state index contributed by atoms with van der Waals surface area (Å²) in [4.78, 5) is 4.15. The van der Waals surface area contributed by atoms with Gasteiger partial charge in [-0.1, -0.05) is 15.9 Å². The number of thiazole rings is 1. The molecule has 2 N–H and O–H groups in total. The summed E-state index contributed by atoms with van der Waals surface area (Å²) in [7, 11) is 0. The molecule has 0 aliphatic carbocycles. The van der Waals surface area contributed by atoms with Crippen LogP contribution in [-0.2, 0) is 13.2 Å². The van der Waals surface area contributed by atoms with Gasteiger partial charge < -0.3 is 10.5 Å². The highest BCUT2D eigenvalue weighted by Crippen LogP contribution is 2.23. The Morgan fingerprint density at radius 3 is 3.00 bits per heavy atom. The fourth-order valence-corrected chi connectivity index (χ4v) is 2.20. The van der Waals surface area contributed by atoms with Gasteiger partial charge in [-0.2, -0.15) is 0 Å². The average Bonchev–Trinajstić information content (AvgIpc) is 2.81. The number of rotatable bonds is 4. The molecule has 0 saturated heterocycles. The highest BCUT2D eigenvalue weighted by atomic mass is 79.9. The van der Waals surface area contributed by atoms with E-state index >= 15 is 0 Å². The Morgan fingerprint density at radius 2 is 2.31 bits per heavy atom. The van der Waals surface area contributed by atoms with Crippen LogP contribution in [0.25, 0.3) is 0 Å². The number of ether oxygens (including phenoxy) is 1. The summed E-state index contributed by atoms with van der Waals surface area (Å²) >= 11 is 5.02. The summed E-state index contributed by atoms with van der Waals surface area (Å²) < 4.78 is 6.63. The summed E-state index contributed by atoms with van der Waals surface area (Å²) in [5, 5.41) is 2.91. The highest BCUT2D eigenvalue weighted by molar-refractivity contribution is 9.10. The number of benzene rings is 1. The molecular formula is C11H11BrN2OS. The third kappa shape index (κ3) is 2.81.